The molecule has 1 aromatic rings. The number of anilines is 1. The fourth-order valence-corrected chi connectivity index (χ4v) is 2.56. The van der Waals surface area contributed by atoms with Crippen LogP contribution in [-0.2, 0) is 19.1 Å². The standard InChI is InChI=1S/C18H23NO4/c1-11-15(17(21)23-18(3,4)5)16(22-12(2)20)13-9-7-8-10-14(13)19(11)6/h7-11H,1-6H3. The van der Waals surface area contributed by atoms with Crippen LogP contribution in [0.15, 0.2) is 29.8 Å². The third-order valence-corrected chi connectivity index (χ3v) is 3.64. The van der Waals surface area contributed by atoms with E-state index in [1.165, 1.54) is 6.92 Å². The normalized spacial score (nSPS) is 17.7. The zero-order valence-electron chi connectivity index (χ0n) is 14.5. The molecule has 0 bridgehead atoms. The van der Waals surface area contributed by atoms with Crippen molar-refractivity contribution in [1.82, 2.24) is 0 Å². The molecular weight excluding hydrogens is 294 g/mol. The lowest BCUT2D eigenvalue weighted by Crippen LogP contribution is -2.40. The van der Waals surface area contributed by atoms with E-state index in [4.69, 9.17) is 9.47 Å². The van der Waals surface area contributed by atoms with Crippen LogP contribution in [0.3, 0.4) is 0 Å². The smallest absolute Gasteiger partial charge is 0.340 e. The average Bonchev–Trinajstić information content (AvgIpc) is 2.42. The number of rotatable bonds is 2. The van der Waals surface area contributed by atoms with Gasteiger partial charge in [-0.3, -0.25) is 4.79 Å². The number of hydrogen-bond donors (Lipinski definition) is 0. The summed E-state index contributed by atoms with van der Waals surface area (Å²) >= 11 is 0. The first-order valence-electron chi connectivity index (χ1n) is 7.60. The third-order valence-electron chi connectivity index (χ3n) is 3.64. The van der Waals surface area contributed by atoms with E-state index in [9.17, 15) is 9.59 Å². The second kappa shape index (κ2) is 6.07. The number of nitrogens with zero attached hydrogens (tertiary/aromatic N) is 1. The van der Waals surface area contributed by atoms with Gasteiger partial charge in [-0.15, -0.1) is 0 Å². The van der Waals surface area contributed by atoms with Gasteiger partial charge in [0.1, 0.15) is 11.2 Å². The molecule has 0 fully saturated rings. The molecule has 0 spiro atoms. The Hall–Kier alpha value is -2.30. The summed E-state index contributed by atoms with van der Waals surface area (Å²) in [4.78, 5) is 26.2. The van der Waals surface area contributed by atoms with Crippen LogP contribution in [0, 0.1) is 0 Å². The molecule has 1 atom stereocenters. The first kappa shape index (κ1) is 17.1. The first-order valence-corrected chi connectivity index (χ1v) is 7.60. The van der Waals surface area contributed by atoms with E-state index in [1.54, 1.807) is 0 Å². The Morgan fingerprint density at radius 2 is 1.78 bits per heavy atom. The molecule has 0 amide bonds. The molecule has 1 unspecified atom stereocenters. The second-order valence-corrected chi connectivity index (χ2v) is 6.64. The van der Waals surface area contributed by atoms with Gasteiger partial charge >= 0.3 is 11.9 Å². The molecule has 1 heterocycles. The summed E-state index contributed by atoms with van der Waals surface area (Å²) < 4.78 is 10.9. The Kier molecular flexibility index (Phi) is 4.50. The second-order valence-electron chi connectivity index (χ2n) is 6.64. The maximum absolute atomic E-state index is 12.7. The SMILES string of the molecule is CC(=O)OC1=C(C(=O)OC(C)(C)C)C(C)N(C)c2ccccc21. The van der Waals surface area contributed by atoms with Gasteiger partial charge in [0.25, 0.3) is 0 Å². The number of hydrogen-bond acceptors (Lipinski definition) is 5. The molecule has 2 rings (SSSR count). The summed E-state index contributed by atoms with van der Waals surface area (Å²) in [7, 11) is 1.90. The molecule has 0 N–H and O–H groups in total. The summed E-state index contributed by atoms with van der Waals surface area (Å²) in [5.41, 5.74) is 1.35. The van der Waals surface area contributed by atoms with E-state index < -0.39 is 17.5 Å². The Morgan fingerprint density at radius 1 is 1.17 bits per heavy atom. The molecule has 5 heteroatoms. The number of carbonyl (C=O) groups is 2. The van der Waals surface area contributed by atoms with Crippen molar-refractivity contribution < 1.29 is 19.1 Å². The summed E-state index contributed by atoms with van der Waals surface area (Å²) in [5, 5.41) is 0. The summed E-state index contributed by atoms with van der Waals surface area (Å²) in [6.07, 6.45) is 0. The van der Waals surface area contributed by atoms with Gasteiger partial charge in [0.2, 0.25) is 0 Å². The number of carbonyl (C=O) groups excluding carboxylic acids is 2. The fourth-order valence-electron chi connectivity index (χ4n) is 2.56. The van der Waals surface area contributed by atoms with Crippen molar-refractivity contribution in [3.63, 3.8) is 0 Å². The largest absolute Gasteiger partial charge is 0.456 e. The van der Waals surface area contributed by atoms with Gasteiger partial charge in [-0.05, 0) is 39.8 Å². The van der Waals surface area contributed by atoms with Crippen molar-refractivity contribution in [2.45, 2.75) is 46.3 Å². The number of ether oxygens (including phenoxy) is 2. The topological polar surface area (TPSA) is 55.8 Å². The minimum absolute atomic E-state index is 0.269. The highest BCUT2D eigenvalue weighted by atomic mass is 16.6. The Morgan fingerprint density at radius 3 is 2.35 bits per heavy atom. The van der Waals surface area contributed by atoms with E-state index in [2.05, 4.69) is 0 Å². The average molecular weight is 317 g/mol. The zero-order chi connectivity index (χ0) is 17.4. The molecule has 124 valence electrons. The Bertz CT molecular complexity index is 670. The highest BCUT2D eigenvalue weighted by molar-refractivity contribution is 6.02. The Balaban J connectivity index is 2.62. The van der Waals surface area contributed by atoms with Crippen LogP contribution in [-0.4, -0.2) is 30.6 Å². The minimum Gasteiger partial charge on any atom is -0.456 e. The van der Waals surface area contributed by atoms with Crippen molar-refractivity contribution >= 4 is 23.4 Å². The Labute approximate surface area is 136 Å². The molecule has 23 heavy (non-hydrogen) atoms. The van der Waals surface area contributed by atoms with Crippen molar-refractivity contribution in [2.75, 3.05) is 11.9 Å². The molecule has 0 aliphatic carbocycles. The lowest BCUT2D eigenvalue weighted by Gasteiger charge is -2.36. The highest BCUT2D eigenvalue weighted by Crippen LogP contribution is 2.38. The molecule has 0 radical (unpaired) electrons. The predicted octanol–water partition coefficient (Wildman–Crippen LogP) is 3.14. The molecule has 0 saturated heterocycles. The zero-order valence-corrected chi connectivity index (χ0v) is 14.5. The van der Waals surface area contributed by atoms with Gasteiger partial charge in [-0.25, -0.2) is 4.79 Å². The summed E-state index contributed by atoms with van der Waals surface area (Å²) in [5.74, 6) is -0.650. The fraction of sp³-hybridized carbons (Fsp3) is 0.444. The minimum atomic E-state index is -0.624. The molecule has 1 aromatic carbocycles. The quantitative estimate of drug-likeness (QED) is 0.784. The maximum atomic E-state index is 12.7. The van der Waals surface area contributed by atoms with Crippen LogP contribution in [0.1, 0.15) is 40.2 Å². The third kappa shape index (κ3) is 3.55. The summed E-state index contributed by atoms with van der Waals surface area (Å²) in [6, 6.07) is 7.25. The van der Waals surface area contributed by atoms with Gasteiger partial charge in [-0.2, -0.15) is 0 Å². The van der Waals surface area contributed by atoms with Gasteiger partial charge in [0.05, 0.1) is 6.04 Å². The van der Waals surface area contributed by atoms with Crippen LogP contribution in [0.4, 0.5) is 5.69 Å². The van der Waals surface area contributed by atoms with Crippen molar-refractivity contribution in [3.8, 4) is 0 Å². The van der Waals surface area contributed by atoms with E-state index in [-0.39, 0.29) is 11.8 Å². The lowest BCUT2D eigenvalue weighted by molar-refractivity contribution is -0.150. The number of likely N-dealkylation sites (N-methyl/N-ethyl adjacent to an activating group) is 1. The molecule has 0 aromatic heterocycles. The molecular formula is C18H23NO4. The molecule has 5 nitrogen and oxygen atoms in total. The number of para-hydroxylation sites is 1. The molecule has 0 saturated carbocycles. The summed E-state index contributed by atoms with van der Waals surface area (Å²) in [6.45, 7) is 8.64. The monoisotopic (exact) mass is 317 g/mol. The number of esters is 2. The number of benzene rings is 1. The van der Waals surface area contributed by atoms with Gasteiger partial charge < -0.3 is 14.4 Å². The maximum Gasteiger partial charge on any atom is 0.340 e. The van der Waals surface area contributed by atoms with Crippen LogP contribution >= 0.6 is 0 Å². The first-order chi connectivity index (χ1) is 10.6. The van der Waals surface area contributed by atoms with E-state index >= 15 is 0 Å². The van der Waals surface area contributed by atoms with Crippen LogP contribution in [0.2, 0.25) is 0 Å². The van der Waals surface area contributed by atoms with Crippen LogP contribution in [0.5, 0.6) is 0 Å². The van der Waals surface area contributed by atoms with Crippen molar-refractivity contribution in [3.05, 3.63) is 35.4 Å². The van der Waals surface area contributed by atoms with Gasteiger partial charge in [-0.1, -0.05) is 12.1 Å². The van der Waals surface area contributed by atoms with E-state index in [0.29, 0.717) is 11.1 Å². The van der Waals surface area contributed by atoms with Crippen molar-refractivity contribution in [2.24, 2.45) is 0 Å². The molecule has 1 aliphatic rings. The predicted molar refractivity (Wildman–Crippen MR) is 88.8 cm³/mol. The van der Waals surface area contributed by atoms with Gasteiger partial charge in [0.15, 0.2) is 5.76 Å². The van der Waals surface area contributed by atoms with E-state index in [1.807, 2.05) is 63.9 Å². The van der Waals surface area contributed by atoms with Crippen LogP contribution in [0.25, 0.3) is 5.76 Å². The highest BCUT2D eigenvalue weighted by Gasteiger charge is 2.36. The van der Waals surface area contributed by atoms with Gasteiger partial charge in [0, 0.05) is 25.2 Å². The van der Waals surface area contributed by atoms with Crippen molar-refractivity contribution in [1.29, 1.82) is 0 Å². The van der Waals surface area contributed by atoms with Crippen LogP contribution < -0.4 is 4.90 Å². The van der Waals surface area contributed by atoms with E-state index in [0.717, 1.165) is 5.69 Å². The molecule has 1 aliphatic heterocycles. The number of fused-ring (bicyclic) bond motifs is 1. The lowest BCUT2D eigenvalue weighted by atomic mass is 9.94.